The molecule has 0 radical (unpaired) electrons. The first-order valence-electron chi connectivity index (χ1n) is 4.18. The molecule has 4 heteroatoms. The van der Waals surface area contributed by atoms with Crippen LogP contribution >= 0.6 is 0 Å². The van der Waals surface area contributed by atoms with E-state index in [4.69, 9.17) is 0 Å². The van der Waals surface area contributed by atoms with Gasteiger partial charge in [0.05, 0.1) is 0 Å². The van der Waals surface area contributed by atoms with Gasteiger partial charge in [0.2, 0.25) is 11.8 Å². The van der Waals surface area contributed by atoms with E-state index in [1.807, 2.05) is 6.92 Å². The van der Waals surface area contributed by atoms with E-state index in [1.165, 1.54) is 6.92 Å². The standard InChI is InChI=1S/C8H16N2O2/c1-3-5-10-8(12)4-6-9-7(2)11/h3-6H2,1-2H3,(H,9,11)(H,10,12). The van der Waals surface area contributed by atoms with E-state index in [1.54, 1.807) is 0 Å². The Balaban J connectivity index is 3.25. The highest BCUT2D eigenvalue weighted by atomic mass is 16.2. The maximum absolute atomic E-state index is 10.9. The summed E-state index contributed by atoms with van der Waals surface area (Å²) < 4.78 is 0. The van der Waals surface area contributed by atoms with Crippen molar-refractivity contribution in [1.29, 1.82) is 0 Å². The van der Waals surface area contributed by atoms with Crippen molar-refractivity contribution in [3.63, 3.8) is 0 Å². The zero-order chi connectivity index (χ0) is 9.40. The van der Waals surface area contributed by atoms with Crippen molar-refractivity contribution in [2.75, 3.05) is 13.1 Å². The van der Waals surface area contributed by atoms with Gasteiger partial charge in [-0.25, -0.2) is 0 Å². The molecule has 0 aromatic rings. The molecule has 0 aromatic carbocycles. The van der Waals surface area contributed by atoms with Gasteiger partial charge in [0.15, 0.2) is 0 Å². The number of nitrogens with one attached hydrogen (secondary N) is 2. The maximum atomic E-state index is 10.9. The second-order valence-electron chi connectivity index (χ2n) is 2.58. The topological polar surface area (TPSA) is 58.2 Å². The molecule has 0 aromatic heterocycles. The first-order valence-corrected chi connectivity index (χ1v) is 4.18. The molecule has 0 saturated carbocycles. The Labute approximate surface area is 72.7 Å². The Hall–Kier alpha value is -1.06. The highest BCUT2D eigenvalue weighted by Crippen LogP contribution is 1.78. The Bertz CT molecular complexity index is 157. The van der Waals surface area contributed by atoms with Crippen LogP contribution in [0.1, 0.15) is 26.7 Å². The summed E-state index contributed by atoms with van der Waals surface area (Å²) in [7, 11) is 0. The Kier molecular flexibility index (Phi) is 6.05. The van der Waals surface area contributed by atoms with Gasteiger partial charge in [-0.3, -0.25) is 9.59 Å². The molecule has 2 N–H and O–H groups in total. The van der Waals surface area contributed by atoms with Crippen molar-refractivity contribution in [2.24, 2.45) is 0 Å². The van der Waals surface area contributed by atoms with E-state index < -0.39 is 0 Å². The van der Waals surface area contributed by atoms with E-state index in [-0.39, 0.29) is 11.8 Å². The highest BCUT2D eigenvalue weighted by molar-refractivity contribution is 5.77. The zero-order valence-electron chi connectivity index (χ0n) is 7.64. The minimum absolute atomic E-state index is 0.00870. The average molecular weight is 172 g/mol. The summed E-state index contributed by atoms with van der Waals surface area (Å²) in [6, 6.07) is 0. The van der Waals surface area contributed by atoms with Crippen molar-refractivity contribution in [2.45, 2.75) is 26.7 Å². The molecule has 0 bridgehead atoms. The zero-order valence-corrected chi connectivity index (χ0v) is 7.64. The molecule has 12 heavy (non-hydrogen) atoms. The van der Waals surface area contributed by atoms with Crippen LogP contribution in [0.3, 0.4) is 0 Å². The van der Waals surface area contributed by atoms with Gasteiger partial charge < -0.3 is 10.6 Å². The van der Waals surface area contributed by atoms with Gasteiger partial charge in [0.25, 0.3) is 0 Å². The van der Waals surface area contributed by atoms with E-state index in [2.05, 4.69) is 10.6 Å². The van der Waals surface area contributed by atoms with Gasteiger partial charge in [-0.05, 0) is 6.42 Å². The summed E-state index contributed by atoms with van der Waals surface area (Å²) in [4.78, 5) is 21.3. The third kappa shape index (κ3) is 7.05. The Morgan fingerprint density at radius 1 is 1.17 bits per heavy atom. The largest absolute Gasteiger partial charge is 0.356 e. The molecule has 0 aliphatic rings. The van der Waals surface area contributed by atoms with Crippen LogP contribution in [0.15, 0.2) is 0 Å². The number of hydrogen-bond acceptors (Lipinski definition) is 2. The van der Waals surface area contributed by atoms with Gasteiger partial charge in [-0.1, -0.05) is 6.92 Å². The van der Waals surface area contributed by atoms with E-state index in [0.717, 1.165) is 6.42 Å². The second-order valence-corrected chi connectivity index (χ2v) is 2.58. The summed E-state index contributed by atoms with van der Waals surface area (Å²) in [5.74, 6) is -0.108. The van der Waals surface area contributed by atoms with E-state index in [9.17, 15) is 9.59 Å². The number of amides is 2. The smallest absolute Gasteiger partial charge is 0.221 e. The van der Waals surface area contributed by atoms with Crippen LogP contribution in [0.2, 0.25) is 0 Å². The third-order valence-corrected chi connectivity index (χ3v) is 1.30. The lowest BCUT2D eigenvalue weighted by atomic mass is 10.3. The van der Waals surface area contributed by atoms with Gasteiger partial charge in [-0.15, -0.1) is 0 Å². The fourth-order valence-electron chi connectivity index (χ4n) is 0.705. The Morgan fingerprint density at radius 3 is 2.33 bits per heavy atom. The molecule has 4 nitrogen and oxygen atoms in total. The first-order chi connectivity index (χ1) is 5.66. The van der Waals surface area contributed by atoms with Crippen molar-refractivity contribution in [3.05, 3.63) is 0 Å². The monoisotopic (exact) mass is 172 g/mol. The lowest BCUT2D eigenvalue weighted by Crippen LogP contribution is -2.29. The molecular formula is C8H16N2O2. The lowest BCUT2D eigenvalue weighted by Gasteiger charge is -2.03. The summed E-state index contributed by atoms with van der Waals surface area (Å²) in [6.07, 6.45) is 1.30. The van der Waals surface area contributed by atoms with Crippen LogP contribution in [0.5, 0.6) is 0 Å². The van der Waals surface area contributed by atoms with Crippen LogP contribution < -0.4 is 10.6 Å². The van der Waals surface area contributed by atoms with Gasteiger partial charge in [0.1, 0.15) is 0 Å². The van der Waals surface area contributed by atoms with Crippen LogP contribution in [-0.4, -0.2) is 24.9 Å². The van der Waals surface area contributed by atoms with Crippen LogP contribution in [-0.2, 0) is 9.59 Å². The summed E-state index contributed by atoms with van der Waals surface area (Å²) >= 11 is 0. The molecule has 0 atom stereocenters. The summed E-state index contributed by atoms with van der Waals surface area (Å²) in [6.45, 7) is 4.56. The van der Waals surface area contributed by atoms with Gasteiger partial charge >= 0.3 is 0 Å². The SMILES string of the molecule is CCCNC(=O)CCNC(C)=O. The molecule has 70 valence electrons. The van der Waals surface area contributed by atoms with Crippen molar-refractivity contribution in [1.82, 2.24) is 10.6 Å². The fraction of sp³-hybridized carbons (Fsp3) is 0.750. The van der Waals surface area contributed by atoms with E-state index >= 15 is 0 Å². The molecular weight excluding hydrogens is 156 g/mol. The number of hydrogen-bond donors (Lipinski definition) is 2. The second kappa shape index (κ2) is 6.64. The molecule has 2 amide bonds. The molecule has 0 saturated heterocycles. The molecule has 0 aliphatic heterocycles. The molecule has 0 aliphatic carbocycles. The molecule has 0 spiro atoms. The molecule has 0 fully saturated rings. The van der Waals surface area contributed by atoms with Crippen LogP contribution in [0, 0.1) is 0 Å². The van der Waals surface area contributed by atoms with E-state index in [0.29, 0.717) is 19.5 Å². The Morgan fingerprint density at radius 2 is 1.83 bits per heavy atom. The van der Waals surface area contributed by atoms with Crippen molar-refractivity contribution in [3.8, 4) is 0 Å². The quantitative estimate of drug-likeness (QED) is 0.615. The molecule has 0 heterocycles. The first kappa shape index (κ1) is 10.9. The summed E-state index contributed by atoms with van der Waals surface area (Å²) in [5, 5.41) is 5.27. The lowest BCUT2D eigenvalue weighted by molar-refractivity contribution is -0.121. The highest BCUT2D eigenvalue weighted by Gasteiger charge is 1.98. The molecule has 0 rings (SSSR count). The molecule has 0 unspecified atom stereocenters. The average Bonchev–Trinajstić information content (AvgIpc) is 2.00. The number of rotatable bonds is 5. The number of carbonyl (C=O) groups excluding carboxylic acids is 2. The normalized spacial score (nSPS) is 9.17. The van der Waals surface area contributed by atoms with Crippen LogP contribution in [0.25, 0.3) is 0 Å². The predicted molar refractivity (Wildman–Crippen MR) is 46.6 cm³/mol. The summed E-state index contributed by atoms with van der Waals surface area (Å²) in [5.41, 5.74) is 0. The minimum Gasteiger partial charge on any atom is -0.356 e. The third-order valence-electron chi connectivity index (χ3n) is 1.30. The van der Waals surface area contributed by atoms with Crippen LogP contribution in [0.4, 0.5) is 0 Å². The minimum atomic E-state index is -0.0988. The maximum Gasteiger partial charge on any atom is 0.221 e. The van der Waals surface area contributed by atoms with Crippen molar-refractivity contribution < 1.29 is 9.59 Å². The van der Waals surface area contributed by atoms with Gasteiger partial charge in [0, 0.05) is 26.4 Å². The van der Waals surface area contributed by atoms with Crippen molar-refractivity contribution >= 4 is 11.8 Å². The number of carbonyl (C=O) groups is 2. The van der Waals surface area contributed by atoms with Gasteiger partial charge in [-0.2, -0.15) is 0 Å². The fourth-order valence-corrected chi connectivity index (χ4v) is 0.705. The predicted octanol–water partition coefficient (Wildman–Crippen LogP) is 0.0388.